The molecule has 1 aliphatic rings. The largest absolute Gasteiger partial charge is 0.383 e. The van der Waals surface area contributed by atoms with E-state index in [0.29, 0.717) is 0 Å². The molecule has 0 atom stereocenters. The molecule has 0 aromatic rings. The van der Waals surface area contributed by atoms with Crippen LogP contribution in [0.5, 0.6) is 0 Å². The van der Waals surface area contributed by atoms with Gasteiger partial charge in [0, 0.05) is 33.0 Å². The fourth-order valence-electron chi connectivity index (χ4n) is 1.91. The minimum Gasteiger partial charge on any atom is -0.383 e. The molecule has 3 nitrogen and oxygen atoms in total. The van der Waals surface area contributed by atoms with Gasteiger partial charge in [0.05, 0.1) is 13.2 Å². The lowest BCUT2D eigenvalue weighted by molar-refractivity contribution is 0.128. The van der Waals surface area contributed by atoms with Gasteiger partial charge in [-0.2, -0.15) is 0 Å². The Morgan fingerprint density at radius 1 is 1.13 bits per heavy atom. The summed E-state index contributed by atoms with van der Waals surface area (Å²) < 4.78 is 10.3. The zero-order chi connectivity index (χ0) is 10.9. The van der Waals surface area contributed by atoms with E-state index in [1.54, 1.807) is 14.2 Å². The number of hydrogen-bond donors (Lipinski definition) is 0. The molecule has 0 amide bonds. The van der Waals surface area contributed by atoms with Crippen LogP contribution in [0.2, 0.25) is 0 Å². The summed E-state index contributed by atoms with van der Waals surface area (Å²) in [4.78, 5) is 2.40. The minimum absolute atomic E-state index is 0.793. The Kier molecular flexibility index (Phi) is 6.44. The maximum atomic E-state index is 5.13. The van der Waals surface area contributed by atoms with Crippen molar-refractivity contribution in [1.29, 1.82) is 0 Å². The Labute approximate surface area is 93.0 Å². The Balaban J connectivity index is 2.41. The summed E-state index contributed by atoms with van der Waals surface area (Å²) in [7, 11) is 3.51. The normalized spacial score (nSPS) is 16.3. The molecule has 0 fully saturated rings. The molecular formula is C12H23NO2. The summed E-state index contributed by atoms with van der Waals surface area (Å²) in [5, 5.41) is 0. The van der Waals surface area contributed by atoms with E-state index in [-0.39, 0.29) is 0 Å². The second kappa shape index (κ2) is 7.71. The van der Waals surface area contributed by atoms with E-state index in [9.17, 15) is 0 Å². The van der Waals surface area contributed by atoms with Crippen LogP contribution in [0.1, 0.15) is 25.7 Å². The molecule has 1 rings (SSSR count). The first-order valence-corrected chi connectivity index (χ1v) is 5.80. The summed E-state index contributed by atoms with van der Waals surface area (Å²) in [6.07, 6.45) is 7.47. The van der Waals surface area contributed by atoms with Crippen LogP contribution < -0.4 is 0 Å². The highest BCUT2D eigenvalue weighted by Crippen LogP contribution is 2.20. The number of hydrogen-bond acceptors (Lipinski definition) is 3. The van der Waals surface area contributed by atoms with Crippen LogP contribution in [0.15, 0.2) is 11.8 Å². The summed E-state index contributed by atoms with van der Waals surface area (Å²) >= 11 is 0. The Morgan fingerprint density at radius 3 is 2.27 bits per heavy atom. The van der Waals surface area contributed by atoms with Gasteiger partial charge in [0.15, 0.2) is 0 Å². The van der Waals surface area contributed by atoms with Crippen LogP contribution >= 0.6 is 0 Å². The molecule has 0 spiro atoms. The van der Waals surface area contributed by atoms with Crippen molar-refractivity contribution in [3.8, 4) is 0 Å². The fraction of sp³-hybridized carbons (Fsp3) is 0.833. The predicted molar refractivity (Wildman–Crippen MR) is 61.9 cm³/mol. The topological polar surface area (TPSA) is 21.7 Å². The number of methoxy groups -OCH3 is 2. The molecule has 0 N–H and O–H groups in total. The molecule has 3 heteroatoms. The molecule has 1 aliphatic carbocycles. The van der Waals surface area contributed by atoms with Crippen molar-refractivity contribution in [2.45, 2.75) is 25.7 Å². The molecule has 0 heterocycles. The van der Waals surface area contributed by atoms with Crippen molar-refractivity contribution in [2.75, 3.05) is 40.5 Å². The van der Waals surface area contributed by atoms with E-state index in [1.807, 2.05) is 0 Å². The second-order valence-corrected chi connectivity index (χ2v) is 3.91. The van der Waals surface area contributed by atoms with Gasteiger partial charge in [-0.1, -0.05) is 6.08 Å². The fourth-order valence-corrected chi connectivity index (χ4v) is 1.91. The van der Waals surface area contributed by atoms with Gasteiger partial charge in [-0.3, -0.25) is 0 Å². The Bertz CT molecular complexity index is 184. The lowest BCUT2D eigenvalue weighted by Gasteiger charge is -2.29. The van der Waals surface area contributed by atoms with Gasteiger partial charge in [-0.05, 0) is 25.7 Å². The zero-order valence-corrected chi connectivity index (χ0v) is 10.00. The van der Waals surface area contributed by atoms with Crippen LogP contribution in [0.4, 0.5) is 0 Å². The van der Waals surface area contributed by atoms with Crippen molar-refractivity contribution < 1.29 is 9.47 Å². The Morgan fingerprint density at radius 2 is 1.80 bits per heavy atom. The summed E-state index contributed by atoms with van der Waals surface area (Å²) in [6.45, 7) is 3.54. The van der Waals surface area contributed by atoms with Gasteiger partial charge in [0.2, 0.25) is 0 Å². The standard InChI is InChI=1S/C12H23NO2/c1-14-10-8-13(9-11-15-2)12-6-4-3-5-7-12/h6H,3-5,7-11H2,1-2H3. The first kappa shape index (κ1) is 12.5. The van der Waals surface area contributed by atoms with E-state index in [4.69, 9.17) is 9.47 Å². The van der Waals surface area contributed by atoms with Crippen molar-refractivity contribution in [3.63, 3.8) is 0 Å². The van der Waals surface area contributed by atoms with Crippen molar-refractivity contribution in [2.24, 2.45) is 0 Å². The number of allylic oxidation sites excluding steroid dienone is 2. The molecule has 0 bridgehead atoms. The summed E-state index contributed by atoms with van der Waals surface area (Å²) in [5.41, 5.74) is 1.48. The van der Waals surface area contributed by atoms with Crippen molar-refractivity contribution >= 4 is 0 Å². The lowest BCUT2D eigenvalue weighted by Crippen LogP contribution is -2.30. The Hall–Kier alpha value is -0.540. The van der Waals surface area contributed by atoms with E-state index in [2.05, 4.69) is 11.0 Å². The van der Waals surface area contributed by atoms with Crippen LogP contribution in [0.25, 0.3) is 0 Å². The van der Waals surface area contributed by atoms with Crippen LogP contribution in [-0.4, -0.2) is 45.4 Å². The third-order valence-corrected chi connectivity index (χ3v) is 2.80. The first-order chi connectivity index (χ1) is 7.38. The van der Waals surface area contributed by atoms with Gasteiger partial charge >= 0.3 is 0 Å². The van der Waals surface area contributed by atoms with Gasteiger partial charge in [0.1, 0.15) is 0 Å². The second-order valence-electron chi connectivity index (χ2n) is 3.91. The average molecular weight is 213 g/mol. The highest BCUT2D eigenvalue weighted by Gasteiger charge is 2.11. The SMILES string of the molecule is COCCN(CCOC)C1=CCCCC1. The van der Waals surface area contributed by atoms with Gasteiger partial charge in [0.25, 0.3) is 0 Å². The first-order valence-electron chi connectivity index (χ1n) is 5.80. The third-order valence-electron chi connectivity index (χ3n) is 2.80. The van der Waals surface area contributed by atoms with Crippen molar-refractivity contribution in [1.82, 2.24) is 4.90 Å². The molecule has 0 radical (unpaired) electrons. The van der Waals surface area contributed by atoms with Crippen molar-refractivity contribution in [3.05, 3.63) is 11.8 Å². The van der Waals surface area contributed by atoms with Crippen LogP contribution in [-0.2, 0) is 9.47 Å². The number of nitrogens with zero attached hydrogens (tertiary/aromatic N) is 1. The lowest BCUT2D eigenvalue weighted by atomic mass is 10.0. The monoisotopic (exact) mass is 213 g/mol. The van der Waals surface area contributed by atoms with Crippen LogP contribution in [0.3, 0.4) is 0 Å². The molecule has 0 saturated heterocycles. The molecule has 0 aliphatic heterocycles. The molecule has 88 valence electrons. The molecule has 0 aromatic carbocycles. The third kappa shape index (κ3) is 4.67. The molecule has 0 aromatic heterocycles. The quantitative estimate of drug-likeness (QED) is 0.646. The number of ether oxygens (including phenoxy) is 2. The zero-order valence-electron chi connectivity index (χ0n) is 10.00. The van der Waals surface area contributed by atoms with Gasteiger partial charge < -0.3 is 14.4 Å². The smallest absolute Gasteiger partial charge is 0.0637 e. The van der Waals surface area contributed by atoms with E-state index in [0.717, 1.165) is 26.3 Å². The average Bonchev–Trinajstić information content (AvgIpc) is 2.30. The van der Waals surface area contributed by atoms with Gasteiger partial charge in [-0.25, -0.2) is 0 Å². The van der Waals surface area contributed by atoms with Gasteiger partial charge in [-0.15, -0.1) is 0 Å². The highest BCUT2D eigenvalue weighted by molar-refractivity contribution is 5.04. The molecular weight excluding hydrogens is 190 g/mol. The highest BCUT2D eigenvalue weighted by atomic mass is 16.5. The maximum absolute atomic E-state index is 5.13. The predicted octanol–water partition coefficient (Wildman–Crippen LogP) is 2.04. The van der Waals surface area contributed by atoms with E-state index in [1.165, 1.54) is 31.4 Å². The minimum atomic E-state index is 0.793. The van der Waals surface area contributed by atoms with E-state index < -0.39 is 0 Å². The molecule has 0 saturated carbocycles. The molecule has 0 unspecified atom stereocenters. The number of rotatable bonds is 7. The maximum Gasteiger partial charge on any atom is 0.0637 e. The van der Waals surface area contributed by atoms with Crippen LogP contribution in [0, 0.1) is 0 Å². The van der Waals surface area contributed by atoms with E-state index >= 15 is 0 Å². The summed E-state index contributed by atoms with van der Waals surface area (Å²) in [5.74, 6) is 0. The summed E-state index contributed by atoms with van der Waals surface area (Å²) in [6, 6.07) is 0. The molecule has 15 heavy (non-hydrogen) atoms.